The highest BCUT2D eigenvalue weighted by Crippen LogP contribution is 2.52. The molecule has 0 radical (unpaired) electrons. The van der Waals surface area contributed by atoms with Crippen molar-refractivity contribution in [2.45, 2.75) is 62.6 Å². The second-order valence-corrected chi connectivity index (χ2v) is 13.1. The number of β-lactam (4-membered cyclic amide) rings is 1. The number of primary amides is 1. The molecule has 4 rings (SSSR count). The number of thioether (sulfide) groups is 1. The van der Waals surface area contributed by atoms with Crippen LogP contribution in [-0.2, 0) is 28.6 Å². The number of carbonyl (C=O) groups is 5. The van der Waals surface area contributed by atoms with Crippen LogP contribution in [-0.4, -0.2) is 112 Å². The molecule has 0 spiro atoms. The third-order valence-corrected chi connectivity index (χ3v) is 10.2. The highest BCUT2D eigenvalue weighted by atomic mass is 32.2. The van der Waals surface area contributed by atoms with Gasteiger partial charge in [-0.25, -0.2) is 14.4 Å². The Kier molecular flexibility index (Phi) is 11.0. The van der Waals surface area contributed by atoms with Gasteiger partial charge >= 0.3 is 18.2 Å². The molecule has 14 heteroatoms. The summed E-state index contributed by atoms with van der Waals surface area (Å²) in [6.45, 7) is 14.7. The lowest BCUT2D eigenvalue weighted by molar-refractivity contribution is -0.164. The van der Waals surface area contributed by atoms with Crippen LogP contribution in [0.25, 0.3) is 0 Å². The van der Waals surface area contributed by atoms with Crippen molar-refractivity contribution in [3.63, 3.8) is 0 Å². The Morgan fingerprint density at radius 1 is 1.00 bits per heavy atom. The number of nitrogens with zero attached hydrogens (tertiary/aromatic N) is 3. The van der Waals surface area contributed by atoms with Crippen molar-refractivity contribution in [3.8, 4) is 0 Å². The number of esters is 1. The molecular formula is C31H42N4O9S. The van der Waals surface area contributed by atoms with Crippen LogP contribution in [0.15, 0.2) is 48.6 Å². The number of hydrogen-bond donors (Lipinski definition) is 2. The lowest BCUT2D eigenvalue weighted by Crippen LogP contribution is -2.63. The summed E-state index contributed by atoms with van der Waals surface area (Å²) in [4.78, 5) is 69.3. The summed E-state index contributed by atoms with van der Waals surface area (Å²) >= 11 is 1.42. The molecule has 4 aliphatic rings. The van der Waals surface area contributed by atoms with Crippen LogP contribution in [0.3, 0.4) is 0 Å². The zero-order valence-electron chi connectivity index (χ0n) is 25.7. The number of amides is 4. The van der Waals surface area contributed by atoms with Gasteiger partial charge in [0, 0.05) is 35.2 Å². The molecule has 4 aliphatic heterocycles. The van der Waals surface area contributed by atoms with Crippen molar-refractivity contribution in [2.75, 3.05) is 32.9 Å². The molecule has 4 heterocycles. The van der Waals surface area contributed by atoms with Gasteiger partial charge in [-0.2, -0.15) is 0 Å². The maximum absolute atomic E-state index is 13.2. The molecule has 246 valence electrons. The fraction of sp³-hybridized carbons (Fsp3) is 0.581. The van der Waals surface area contributed by atoms with E-state index < -0.39 is 42.1 Å². The van der Waals surface area contributed by atoms with E-state index in [0.29, 0.717) is 30.7 Å². The third kappa shape index (κ3) is 6.91. The molecule has 0 saturated carbocycles. The van der Waals surface area contributed by atoms with Gasteiger partial charge in [0.1, 0.15) is 31.6 Å². The van der Waals surface area contributed by atoms with E-state index in [4.69, 9.17) is 19.9 Å². The predicted molar refractivity (Wildman–Crippen MR) is 165 cm³/mol. The molecule has 3 saturated heterocycles. The van der Waals surface area contributed by atoms with E-state index in [9.17, 15) is 29.1 Å². The Hall–Kier alpha value is -3.78. The Labute approximate surface area is 267 Å². The largest absolute Gasteiger partial charge is 0.457 e. The van der Waals surface area contributed by atoms with Crippen molar-refractivity contribution in [3.05, 3.63) is 48.6 Å². The van der Waals surface area contributed by atoms with E-state index in [-0.39, 0.29) is 67.1 Å². The maximum Gasteiger partial charge on any atom is 0.410 e. The van der Waals surface area contributed by atoms with Crippen molar-refractivity contribution >= 4 is 41.7 Å². The van der Waals surface area contributed by atoms with Crippen molar-refractivity contribution < 1.29 is 43.3 Å². The second-order valence-electron chi connectivity index (χ2n) is 11.8. The first-order valence-electron chi connectivity index (χ1n) is 15.0. The van der Waals surface area contributed by atoms with Crippen molar-refractivity contribution in [2.24, 2.45) is 23.5 Å². The molecule has 1 unspecified atom stereocenters. The van der Waals surface area contributed by atoms with E-state index in [1.54, 1.807) is 11.8 Å². The fourth-order valence-electron chi connectivity index (χ4n) is 6.83. The van der Waals surface area contributed by atoms with E-state index in [1.807, 2.05) is 6.92 Å². The van der Waals surface area contributed by atoms with Gasteiger partial charge in [0.05, 0.1) is 18.1 Å². The Balaban J connectivity index is 1.56. The standard InChI is InChI=1S/C31H42N4O9S/c1-6-9-42-29(39)25-26(17(4)24-23(18(5)36)28(38)35(24)25)45-21-14-20(33(16-21)30(40)43-10-7-2)12-19-13-22(27(32)37)34(15-19)31(41)44-11-8-3/h6-8,17-24,36H,1-3,9-16H2,4-5H3,(H2,32,37)/t17-,18-,19?,20-,21+,22+,23-,24-/m1/s1. The quantitative estimate of drug-likeness (QED) is 0.131. The molecule has 13 nitrogen and oxygen atoms in total. The first kappa shape index (κ1) is 34.1. The second kappa shape index (κ2) is 14.5. The molecule has 3 fully saturated rings. The Bertz CT molecular complexity index is 1270. The molecular weight excluding hydrogens is 604 g/mol. The van der Waals surface area contributed by atoms with Crippen LogP contribution < -0.4 is 5.73 Å². The number of ether oxygens (including phenoxy) is 3. The summed E-state index contributed by atoms with van der Waals surface area (Å²) in [6, 6.07) is -1.52. The Morgan fingerprint density at radius 3 is 2.18 bits per heavy atom. The van der Waals surface area contributed by atoms with Gasteiger partial charge < -0.3 is 34.9 Å². The average molecular weight is 647 g/mol. The lowest BCUT2D eigenvalue weighted by atomic mass is 9.79. The number of carbonyl (C=O) groups excluding carboxylic acids is 5. The minimum atomic E-state index is -0.883. The van der Waals surface area contributed by atoms with E-state index in [2.05, 4.69) is 19.7 Å². The molecule has 0 aliphatic carbocycles. The van der Waals surface area contributed by atoms with E-state index in [0.717, 1.165) is 0 Å². The summed E-state index contributed by atoms with van der Waals surface area (Å²) in [6.07, 6.45) is 3.60. The monoisotopic (exact) mass is 646 g/mol. The van der Waals surface area contributed by atoms with Gasteiger partial charge in [-0.15, -0.1) is 11.8 Å². The van der Waals surface area contributed by atoms with Gasteiger partial charge in [0.15, 0.2) is 0 Å². The van der Waals surface area contributed by atoms with Gasteiger partial charge in [-0.1, -0.05) is 44.9 Å². The summed E-state index contributed by atoms with van der Waals surface area (Å²) in [7, 11) is 0. The fourth-order valence-corrected chi connectivity index (χ4v) is 8.39. The number of rotatable bonds is 13. The average Bonchev–Trinajstić information content (AvgIpc) is 3.67. The molecule has 3 N–H and O–H groups in total. The first-order chi connectivity index (χ1) is 21.4. The first-order valence-corrected chi connectivity index (χ1v) is 15.9. The van der Waals surface area contributed by atoms with Crippen LogP contribution in [0, 0.1) is 17.8 Å². The normalized spacial score (nSPS) is 29.5. The zero-order valence-corrected chi connectivity index (χ0v) is 26.5. The number of nitrogens with two attached hydrogens (primary N) is 1. The lowest BCUT2D eigenvalue weighted by Gasteiger charge is -2.46. The minimum absolute atomic E-state index is 0.00479. The van der Waals surface area contributed by atoms with Crippen LogP contribution in [0.2, 0.25) is 0 Å². The summed E-state index contributed by atoms with van der Waals surface area (Å²) in [5.41, 5.74) is 5.78. The molecule has 0 aromatic heterocycles. The summed E-state index contributed by atoms with van der Waals surface area (Å²) in [5.74, 6) is -2.65. The number of fused-ring (bicyclic) bond motifs is 1. The molecule has 0 aromatic carbocycles. The van der Waals surface area contributed by atoms with Crippen LogP contribution in [0.4, 0.5) is 9.59 Å². The zero-order chi connectivity index (χ0) is 33.0. The van der Waals surface area contributed by atoms with E-state index >= 15 is 0 Å². The highest BCUT2D eigenvalue weighted by Gasteiger charge is 2.60. The number of aliphatic hydroxyl groups excluding tert-OH is 1. The van der Waals surface area contributed by atoms with E-state index in [1.165, 1.54) is 39.8 Å². The number of likely N-dealkylation sites (tertiary alicyclic amines) is 2. The predicted octanol–water partition coefficient (Wildman–Crippen LogP) is 2.17. The highest BCUT2D eigenvalue weighted by molar-refractivity contribution is 8.03. The topological polar surface area (TPSA) is 169 Å². The maximum atomic E-state index is 13.2. The third-order valence-electron chi connectivity index (χ3n) is 8.74. The van der Waals surface area contributed by atoms with Gasteiger partial charge in [0.2, 0.25) is 11.8 Å². The minimum Gasteiger partial charge on any atom is -0.457 e. The van der Waals surface area contributed by atoms with Gasteiger partial charge in [-0.3, -0.25) is 14.5 Å². The SMILES string of the molecule is C=CCOC(=O)C1=C(S[C@H]2C[C@@H](CC3C[C@@H](C(N)=O)N(C(=O)OCC=C)C3)N(C(=O)OCC=C)C2)[C@H](C)[C@@H]2[C@@H]([C@@H](C)O)C(=O)N12. The molecule has 0 bridgehead atoms. The van der Waals surface area contributed by atoms with Crippen molar-refractivity contribution in [1.29, 1.82) is 0 Å². The van der Waals surface area contributed by atoms with Crippen LogP contribution in [0.5, 0.6) is 0 Å². The molecule has 45 heavy (non-hydrogen) atoms. The van der Waals surface area contributed by atoms with Crippen LogP contribution >= 0.6 is 11.8 Å². The smallest absolute Gasteiger partial charge is 0.410 e. The number of hydrogen-bond acceptors (Lipinski definition) is 10. The molecule has 0 aromatic rings. The number of aliphatic hydroxyl groups is 1. The van der Waals surface area contributed by atoms with Crippen molar-refractivity contribution in [1.82, 2.24) is 14.7 Å². The van der Waals surface area contributed by atoms with Crippen LogP contribution in [0.1, 0.15) is 33.1 Å². The van der Waals surface area contributed by atoms with Gasteiger partial charge in [-0.05, 0) is 32.1 Å². The van der Waals surface area contributed by atoms with Gasteiger partial charge in [0.25, 0.3) is 0 Å². The summed E-state index contributed by atoms with van der Waals surface area (Å²) in [5, 5.41) is 10.1. The Morgan fingerprint density at radius 2 is 1.60 bits per heavy atom. The summed E-state index contributed by atoms with van der Waals surface area (Å²) < 4.78 is 15.9. The molecule has 4 amide bonds. The molecule has 8 atom stereocenters.